The number of hydrazine groups is 1. The number of nitrogens with one attached hydrogen (secondary N) is 2. The Bertz CT molecular complexity index is 756. The molecule has 0 aliphatic carbocycles. The predicted octanol–water partition coefficient (Wildman–Crippen LogP) is 2.84. The second-order valence-corrected chi connectivity index (χ2v) is 5.72. The molecule has 1 unspecified atom stereocenters. The zero-order valence-corrected chi connectivity index (χ0v) is 14.3. The van der Waals surface area contributed by atoms with Crippen LogP contribution in [0.25, 0.3) is 0 Å². The van der Waals surface area contributed by atoms with E-state index in [1.165, 1.54) is 0 Å². The van der Waals surface area contributed by atoms with Crippen LogP contribution >= 0.6 is 0 Å². The maximum atomic E-state index is 12.1. The van der Waals surface area contributed by atoms with Crippen LogP contribution in [0.5, 0.6) is 5.75 Å². The van der Waals surface area contributed by atoms with Crippen molar-refractivity contribution in [1.29, 1.82) is 0 Å². The Hall–Kier alpha value is -2.82. The molecule has 0 aromatic heterocycles. The van der Waals surface area contributed by atoms with Gasteiger partial charge >= 0.3 is 0 Å². The van der Waals surface area contributed by atoms with E-state index < -0.39 is 12.0 Å². The summed E-state index contributed by atoms with van der Waals surface area (Å²) in [6, 6.07) is 12.8. The average molecular weight is 326 g/mol. The zero-order chi connectivity index (χ0) is 17.7. The normalized spacial score (nSPS) is 11.5. The smallest absolute Gasteiger partial charge is 0.279 e. The Morgan fingerprint density at radius 1 is 0.917 bits per heavy atom. The number of hydrogen-bond acceptors (Lipinski definition) is 3. The lowest BCUT2D eigenvalue weighted by Crippen LogP contribution is -2.47. The highest BCUT2D eigenvalue weighted by molar-refractivity contribution is 5.96. The van der Waals surface area contributed by atoms with Crippen LogP contribution in [0.2, 0.25) is 0 Å². The third-order valence-electron chi connectivity index (χ3n) is 3.92. The lowest BCUT2D eigenvalue weighted by atomic mass is 10.1. The summed E-state index contributed by atoms with van der Waals surface area (Å²) in [7, 11) is 0. The number of carbonyl (C=O) groups is 2. The third-order valence-corrected chi connectivity index (χ3v) is 3.92. The first-order chi connectivity index (χ1) is 11.4. The molecule has 1 atom stereocenters. The van der Waals surface area contributed by atoms with Crippen molar-refractivity contribution in [1.82, 2.24) is 10.9 Å². The summed E-state index contributed by atoms with van der Waals surface area (Å²) in [6.45, 7) is 7.39. The van der Waals surface area contributed by atoms with E-state index in [1.54, 1.807) is 19.1 Å². The van der Waals surface area contributed by atoms with Crippen LogP contribution in [0, 0.1) is 20.8 Å². The van der Waals surface area contributed by atoms with Crippen molar-refractivity contribution in [2.45, 2.75) is 33.8 Å². The van der Waals surface area contributed by atoms with Crippen LogP contribution in [-0.2, 0) is 4.79 Å². The summed E-state index contributed by atoms with van der Waals surface area (Å²) in [5, 5.41) is 0. The van der Waals surface area contributed by atoms with Gasteiger partial charge in [-0.05, 0) is 56.5 Å². The Morgan fingerprint density at radius 3 is 2.29 bits per heavy atom. The van der Waals surface area contributed by atoms with E-state index in [0.29, 0.717) is 11.3 Å². The molecular weight excluding hydrogens is 304 g/mol. The second kappa shape index (κ2) is 7.64. The van der Waals surface area contributed by atoms with Crippen LogP contribution in [0.3, 0.4) is 0 Å². The maximum absolute atomic E-state index is 12.1. The van der Waals surface area contributed by atoms with Gasteiger partial charge in [-0.2, -0.15) is 0 Å². The molecule has 0 spiro atoms. The fourth-order valence-electron chi connectivity index (χ4n) is 2.21. The molecule has 0 fully saturated rings. The molecule has 2 aromatic rings. The minimum atomic E-state index is -0.734. The third kappa shape index (κ3) is 4.13. The Labute approximate surface area is 142 Å². The monoisotopic (exact) mass is 326 g/mol. The number of carbonyl (C=O) groups excluding carboxylic acids is 2. The maximum Gasteiger partial charge on any atom is 0.279 e. The second-order valence-electron chi connectivity index (χ2n) is 5.72. The van der Waals surface area contributed by atoms with Crippen molar-refractivity contribution in [3.63, 3.8) is 0 Å². The first-order valence-corrected chi connectivity index (χ1v) is 7.79. The van der Waals surface area contributed by atoms with Crippen LogP contribution < -0.4 is 15.6 Å². The highest BCUT2D eigenvalue weighted by atomic mass is 16.5. The van der Waals surface area contributed by atoms with Gasteiger partial charge in [0.25, 0.3) is 11.8 Å². The molecule has 2 rings (SSSR count). The van der Waals surface area contributed by atoms with Crippen molar-refractivity contribution in [2.75, 3.05) is 0 Å². The highest BCUT2D eigenvalue weighted by Gasteiger charge is 2.17. The lowest BCUT2D eigenvalue weighted by Gasteiger charge is -2.17. The first kappa shape index (κ1) is 17.5. The van der Waals surface area contributed by atoms with Crippen LogP contribution in [0.1, 0.15) is 34.0 Å². The van der Waals surface area contributed by atoms with Crippen molar-refractivity contribution in [2.24, 2.45) is 0 Å². The van der Waals surface area contributed by atoms with Gasteiger partial charge in [0.2, 0.25) is 0 Å². The van der Waals surface area contributed by atoms with Crippen LogP contribution in [0.4, 0.5) is 0 Å². The molecule has 2 N–H and O–H groups in total. The van der Waals surface area contributed by atoms with Gasteiger partial charge in [-0.3, -0.25) is 20.4 Å². The predicted molar refractivity (Wildman–Crippen MR) is 92.8 cm³/mol. The molecule has 0 heterocycles. The molecule has 0 aliphatic rings. The fourth-order valence-corrected chi connectivity index (χ4v) is 2.21. The summed E-state index contributed by atoms with van der Waals surface area (Å²) in [4.78, 5) is 24.2. The van der Waals surface area contributed by atoms with Crippen molar-refractivity contribution >= 4 is 11.8 Å². The van der Waals surface area contributed by atoms with Gasteiger partial charge in [-0.25, -0.2) is 0 Å². The van der Waals surface area contributed by atoms with E-state index in [1.807, 2.05) is 51.1 Å². The van der Waals surface area contributed by atoms with E-state index >= 15 is 0 Å². The van der Waals surface area contributed by atoms with E-state index in [2.05, 4.69) is 10.9 Å². The number of aryl methyl sites for hydroxylation is 2. The van der Waals surface area contributed by atoms with Crippen LogP contribution in [0.15, 0.2) is 42.5 Å². The molecule has 0 saturated heterocycles. The summed E-state index contributed by atoms with van der Waals surface area (Å²) >= 11 is 0. The summed E-state index contributed by atoms with van der Waals surface area (Å²) < 4.78 is 5.69. The first-order valence-electron chi connectivity index (χ1n) is 7.79. The Morgan fingerprint density at radius 2 is 1.58 bits per heavy atom. The minimum absolute atomic E-state index is 0.361. The molecule has 2 amide bonds. The minimum Gasteiger partial charge on any atom is -0.481 e. The van der Waals surface area contributed by atoms with Gasteiger partial charge in [0.15, 0.2) is 6.10 Å². The van der Waals surface area contributed by atoms with E-state index in [0.717, 1.165) is 16.7 Å². The van der Waals surface area contributed by atoms with Gasteiger partial charge in [0.1, 0.15) is 5.75 Å². The SMILES string of the molecule is Cc1ccccc1C(=O)NNC(=O)C(C)Oc1cccc(C)c1C. The van der Waals surface area contributed by atoms with Gasteiger partial charge in [0, 0.05) is 5.56 Å². The molecule has 5 heteroatoms. The molecule has 126 valence electrons. The summed E-state index contributed by atoms with van der Waals surface area (Å²) in [5.74, 6) is -0.124. The average Bonchev–Trinajstić information content (AvgIpc) is 2.56. The number of benzene rings is 2. The topological polar surface area (TPSA) is 67.4 Å². The van der Waals surface area contributed by atoms with Gasteiger partial charge in [-0.15, -0.1) is 0 Å². The molecule has 0 radical (unpaired) electrons. The lowest BCUT2D eigenvalue weighted by molar-refractivity contribution is -0.128. The van der Waals surface area contributed by atoms with Crippen molar-refractivity contribution in [3.05, 3.63) is 64.7 Å². The van der Waals surface area contributed by atoms with Gasteiger partial charge in [-0.1, -0.05) is 30.3 Å². The highest BCUT2D eigenvalue weighted by Crippen LogP contribution is 2.21. The zero-order valence-electron chi connectivity index (χ0n) is 14.3. The molecule has 0 saturated carbocycles. The molecule has 5 nitrogen and oxygen atoms in total. The van der Waals surface area contributed by atoms with E-state index in [4.69, 9.17) is 4.74 Å². The fraction of sp³-hybridized carbons (Fsp3) is 0.263. The number of amides is 2. The summed E-state index contributed by atoms with van der Waals surface area (Å²) in [5.41, 5.74) is 8.24. The number of ether oxygens (including phenoxy) is 1. The molecule has 2 aromatic carbocycles. The number of hydrogen-bond donors (Lipinski definition) is 2. The van der Waals surface area contributed by atoms with E-state index in [9.17, 15) is 9.59 Å². The number of rotatable bonds is 4. The molecule has 0 aliphatic heterocycles. The standard InChI is InChI=1S/C19H22N2O3/c1-12-9-7-11-17(14(12)3)24-15(4)18(22)20-21-19(23)16-10-6-5-8-13(16)2/h5-11,15H,1-4H3,(H,20,22)(H,21,23). The Kier molecular flexibility index (Phi) is 5.58. The van der Waals surface area contributed by atoms with Gasteiger partial charge in [0.05, 0.1) is 0 Å². The van der Waals surface area contributed by atoms with Crippen LogP contribution in [-0.4, -0.2) is 17.9 Å². The van der Waals surface area contributed by atoms with E-state index in [-0.39, 0.29) is 5.91 Å². The molecule has 0 bridgehead atoms. The quantitative estimate of drug-likeness (QED) is 0.849. The summed E-state index contributed by atoms with van der Waals surface area (Å²) in [6.07, 6.45) is -0.734. The van der Waals surface area contributed by atoms with Gasteiger partial charge < -0.3 is 4.74 Å². The van der Waals surface area contributed by atoms with Crippen molar-refractivity contribution in [3.8, 4) is 5.75 Å². The molecule has 24 heavy (non-hydrogen) atoms. The van der Waals surface area contributed by atoms with Crippen molar-refractivity contribution < 1.29 is 14.3 Å². The largest absolute Gasteiger partial charge is 0.481 e. The molecular formula is C19H22N2O3. The Balaban J connectivity index is 1.93.